The van der Waals surface area contributed by atoms with Gasteiger partial charge in [0, 0.05) is 0 Å². The Labute approximate surface area is 107 Å². The normalized spacial score (nSPS) is 10.8. The Morgan fingerprint density at radius 1 is 1.06 bits per heavy atom. The van der Waals surface area contributed by atoms with Gasteiger partial charge in [0.1, 0.15) is 0 Å². The van der Waals surface area contributed by atoms with E-state index in [2.05, 4.69) is 0 Å². The van der Waals surface area contributed by atoms with Gasteiger partial charge in [0.25, 0.3) is 0 Å². The summed E-state index contributed by atoms with van der Waals surface area (Å²) in [5.74, 6) is -0.807. The molecule has 98 valence electrons. The maximum Gasteiger partial charge on any atom is 0.314 e. The van der Waals surface area contributed by atoms with Crippen LogP contribution in [0, 0.1) is 5.41 Å². The lowest BCUT2D eigenvalue weighted by Crippen LogP contribution is -2.25. The Bertz CT molecular complexity index is 404. The van der Waals surface area contributed by atoms with E-state index >= 15 is 0 Å². The summed E-state index contributed by atoms with van der Waals surface area (Å²) in [6.07, 6.45) is 0.175. The van der Waals surface area contributed by atoms with Crippen LogP contribution in [-0.2, 0) is 25.5 Å². The van der Waals surface area contributed by atoms with Gasteiger partial charge in [0.2, 0.25) is 6.79 Å². The fourth-order valence-corrected chi connectivity index (χ4v) is 1.18. The topological polar surface area (TPSA) is 52.6 Å². The molecule has 0 heterocycles. The van der Waals surface area contributed by atoms with Gasteiger partial charge in [-0.25, -0.2) is 0 Å². The van der Waals surface area contributed by atoms with E-state index in [1.165, 1.54) is 0 Å². The van der Waals surface area contributed by atoms with Crippen LogP contribution in [0.3, 0.4) is 0 Å². The molecular formula is C14H18O4. The molecule has 4 nitrogen and oxygen atoms in total. The standard InChI is InChI=1S/C14H18O4/c1-14(2,3)13(16)18-10-17-12(15)9-11-7-5-4-6-8-11/h4-8H,9-10H2,1-3H3. The summed E-state index contributed by atoms with van der Waals surface area (Å²) >= 11 is 0. The second kappa shape index (κ2) is 6.19. The largest absolute Gasteiger partial charge is 0.428 e. The molecule has 0 bridgehead atoms. The average molecular weight is 250 g/mol. The van der Waals surface area contributed by atoms with E-state index < -0.39 is 17.4 Å². The predicted octanol–water partition coefficient (Wildman–Crippen LogP) is 2.32. The number of esters is 2. The molecule has 0 spiro atoms. The van der Waals surface area contributed by atoms with Crippen LogP contribution in [0.5, 0.6) is 0 Å². The molecule has 0 unspecified atom stereocenters. The first-order chi connectivity index (χ1) is 8.39. The zero-order chi connectivity index (χ0) is 13.6. The highest BCUT2D eigenvalue weighted by Gasteiger charge is 2.23. The minimum atomic E-state index is -0.591. The van der Waals surface area contributed by atoms with Crippen molar-refractivity contribution in [1.29, 1.82) is 0 Å². The number of hydrogen-bond donors (Lipinski definition) is 0. The van der Waals surface area contributed by atoms with Crippen LogP contribution in [-0.4, -0.2) is 18.7 Å². The molecule has 0 atom stereocenters. The summed E-state index contributed by atoms with van der Waals surface area (Å²) in [7, 11) is 0. The quantitative estimate of drug-likeness (QED) is 0.608. The Hall–Kier alpha value is -1.84. The molecule has 18 heavy (non-hydrogen) atoms. The number of benzene rings is 1. The van der Waals surface area contributed by atoms with Crippen molar-refractivity contribution in [2.45, 2.75) is 27.2 Å². The van der Waals surface area contributed by atoms with Gasteiger partial charge in [0.15, 0.2) is 0 Å². The fourth-order valence-electron chi connectivity index (χ4n) is 1.18. The van der Waals surface area contributed by atoms with Crippen LogP contribution in [0.2, 0.25) is 0 Å². The predicted molar refractivity (Wildman–Crippen MR) is 66.7 cm³/mol. The second-order valence-electron chi connectivity index (χ2n) is 4.98. The zero-order valence-electron chi connectivity index (χ0n) is 10.9. The van der Waals surface area contributed by atoms with Crippen LogP contribution in [0.15, 0.2) is 30.3 Å². The monoisotopic (exact) mass is 250 g/mol. The maximum absolute atomic E-state index is 11.4. The lowest BCUT2D eigenvalue weighted by Gasteiger charge is -2.16. The Kier molecular flexibility index (Phi) is 4.89. The van der Waals surface area contributed by atoms with E-state index in [1.807, 2.05) is 30.3 Å². The van der Waals surface area contributed by atoms with E-state index in [9.17, 15) is 9.59 Å². The van der Waals surface area contributed by atoms with Gasteiger partial charge < -0.3 is 9.47 Å². The van der Waals surface area contributed by atoms with Crippen molar-refractivity contribution in [3.63, 3.8) is 0 Å². The highest BCUT2D eigenvalue weighted by Crippen LogP contribution is 2.14. The number of rotatable bonds is 4. The third kappa shape index (κ3) is 4.99. The number of hydrogen-bond acceptors (Lipinski definition) is 4. The first kappa shape index (κ1) is 14.2. The Morgan fingerprint density at radius 2 is 1.67 bits per heavy atom. The van der Waals surface area contributed by atoms with E-state index in [1.54, 1.807) is 20.8 Å². The first-order valence-electron chi connectivity index (χ1n) is 5.76. The van der Waals surface area contributed by atoms with Gasteiger partial charge >= 0.3 is 11.9 Å². The van der Waals surface area contributed by atoms with Gasteiger partial charge in [-0.3, -0.25) is 9.59 Å². The van der Waals surface area contributed by atoms with Crippen molar-refractivity contribution in [2.24, 2.45) is 5.41 Å². The minimum absolute atomic E-state index is 0.175. The van der Waals surface area contributed by atoms with Crippen LogP contribution >= 0.6 is 0 Å². The first-order valence-corrected chi connectivity index (χ1v) is 5.76. The number of carbonyl (C=O) groups excluding carboxylic acids is 2. The maximum atomic E-state index is 11.4. The van der Waals surface area contributed by atoms with Crippen molar-refractivity contribution in [2.75, 3.05) is 6.79 Å². The summed E-state index contributed by atoms with van der Waals surface area (Å²) < 4.78 is 9.66. The summed E-state index contributed by atoms with van der Waals surface area (Å²) in [6, 6.07) is 9.25. The molecule has 0 fully saturated rings. The van der Waals surface area contributed by atoms with E-state index in [0.717, 1.165) is 5.56 Å². The van der Waals surface area contributed by atoms with Gasteiger partial charge in [-0.05, 0) is 26.3 Å². The molecule has 0 aliphatic heterocycles. The summed E-state index contributed by atoms with van der Waals surface area (Å²) in [5.41, 5.74) is 0.274. The Balaban J connectivity index is 2.28. The van der Waals surface area contributed by atoms with Crippen molar-refractivity contribution >= 4 is 11.9 Å². The molecule has 1 rings (SSSR count). The molecule has 0 N–H and O–H groups in total. The molecule has 0 saturated heterocycles. The van der Waals surface area contributed by atoms with Gasteiger partial charge in [0.05, 0.1) is 11.8 Å². The molecule has 0 aliphatic rings. The fraction of sp³-hybridized carbons (Fsp3) is 0.429. The van der Waals surface area contributed by atoms with Gasteiger partial charge in [-0.15, -0.1) is 0 Å². The highest BCUT2D eigenvalue weighted by atomic mass is 16.7. The number of carbonyl (C=O) groups is 2. The molecule has 1 aromatic carbocycles. The second-order valence-corrected chi connectivity index (χ2v) is 4.98. The van der Waals surface area contributed by atoms with Crippen molar-refractivity contribution in [1.82, 2.24) is 0 Å². The smallest absolute Gasteiger partial charge is 0.314 e. The van der Waals surface area contributed by atoms with Crippen molar-refractivity contribution < 1.29 is 19.1 Å². The van der Waals surface area contributed by atoms with Crippen LogP contribution in [0.4, 0.5) is 0 Å². The Morgan fingerprint density at radius 3 is 2.22 bits per heavy atom. The molecular weight excluding hydrogens is 232 g/mol. The van der Waals surface area contributed by atoms with E-state index in [0.29, 0.717) is 0 Å². The number of ether oxygens (including phenoxy) is 2. The summed E-state index contributed by atoms with van der Waals surface area (Å²) in [4.78, 5) is 22.8. The van der Waals surface area contributed by atoms with E-state index in [4.69, 9.17) is 9.47 Å². The van der Waals surface area contributed by atoms with Crippen LogP contribution in [0.25, 0.3) is 0 Å². The van der Waals surface area contributed by atoms with E-state index in [-0.39, 0.29) is 13.2 Å². The average Bonchev–Trinajstić information content (AvgIpc) is 2.28. The SMILES string of the molecule is CC(C)(C)C(=O)OCOC(=O)Cc1ccccc1. The minimum Gasteiger partial charge on any atom is -0.428 e. The molecule has 0 saturated carbocycles. The summed E-state index contributed by atoms with van der Waals surface area (Å²) in [5, 5.41) is 0. The molecule has 0 aromatic heterocycles. The molecule has 4 heteroatoms. The molecule has 0 amide bonds. The molecule has 0 aliphatic carbocycles. The molecule has 0 radical (unpaired) electrons. The van der Waals surface area contributed by atoms with Crippen molar-refractivity contribution in [3.05, 3.63) is 35.9 Å². The highest BCUT2D eigenvalue weighted by molar-refractivity contribution is 5.76. The lowest BCUT2D eigenvalue weighted by molar-refractivity contribution is -0.172. The van der Waals surface area contributed by atoms with Gasteiger partial charge in [-0.2, -0.15) is 0 Å². The summed E-state index contributed by atoms with van der Waals surface area (Å²) in [6.45, 7) is 4.88. The van der Waals surface area contributed by atoms with Crippen LogP contribution in [0.1, 0.15) is 26.3 Å². The van der Waals surface area contributed by atoms with Gasteiger partial charge in [-0.1, -0.05) is 30.3 Å². The lowest BCUT2D eigenvalue weighted by atomic mass is 9.98. The zero-order valence-corrected chi connectivity index (χ0v) is 10.9. The third-order valence-corrected chi connectivity index (χ3v) is 2.21. The third-order valence-electron chi connectivity index (χ3n) is 2.21. The van der Waals surface area contributed by atoms with Crippen molar-refractivity contribution in [3.8, 4) is 0 Å². The molecule has 1 aromatic rings. The van der Waals surface area contributed by atoms with Crippen LogP contribution < -0.4 is 0 Å².